The van der Waals surface area contributed by atoms with Crippen LogP contribution in [0.15, 0.2) is 23.2 Å². The van der Waals surface area contributed by atoms with Gasteiger partial charge in [0.15, 0.2) is 17.5 Å². The number of carboxylic acid groups (broad SMARTS) is 2. The van der Waals surface area contributed by atoms with Crippen LogP contribution in [0.25, 0.3) is 0 Å². The van der Waals surface area contributed by atoms with Crippen molar-refractivity contribution in [1.29, 1.82) is 0 Å². The summed E-state index contributed by atoms with van der Waals surface area (Å²) in [5.41, 5.74) is 3.14. The maximum Gasteiger partial charge on any atom is 0.328 e. The second-order valence-corrected chi connectivity index (χ2v) is 5.22. The Morgan fingerprint density at radius 1 is 1.20 bits per heavy atom. The van der Waals surface area contributed by atoms with E-state index in [9.17, 15) is 9.59 Å². The highest BCUT2D eigenvalue weighted by Crippen LogP contribution is 2.42. The Morgan fingerprint density at radius 3 is 2.40 bits per heavy atom. The smallest absolute Gasteiger partial charge is 0.328 e. The summed E-state index contributed by atoms with van der Waals surface area (Å²) in [6.07, 6.45) is 1.12. The summed E-state index contributed by atoms with van der Waals surface area (Å²) in [7, 11) is 0. The number of hydrogen-bond acceptors (Lipinski definition) is 7. The molecule has 9 nitrogen and oxygen atoms in total. The molecule has 2 aliphatic heterocycles. The Hall–Kier alpha value is -3.23. The number of nitrogens with zero attached hydrogens (tertiary/aromatic N) is 1. The van der Waals surface area contributed by atoms with Crippen molar-refractivity contribution in [3.63, 3.8) is 0 Å². The van der Waals surface area contributed by atoms with Gasteiger partial charge in [0, 0.05) is 29.9 Å². The Labute approximate surface area is 144 Å². The number of fused-ring (bicyclic) bond motifs is 1. The third-order valence-corrected chi connectivity index (χ3v) is 3.37. The molecule has 0 radical (unpaired) electrons. The van der Waals surface area contributed by atoms with Crippen LogP contribution in [-0.4, -0.2) is 48.0 Å². The molecule has 134 valence electrons. The highest BCUT2D eigenvalue weighted by atomic mass is 16.7. The predicted octanol–water partition coefficient (Wildman–Crippen LogP) is 1.12. The van der Waals surface area contributed by atoms with Crippen LogP contribution in [0.5, 0.6) is 11.5 Å². The number of carboxylic acids is 2. The molecule has 0 fully saturated rings. The van der Waals surface area contributed by atoms with E-state index in [2.05, 4.69) is 21.7 Å². The minimum atomic E-state index is -1.26. The number of nitrogens with one attached hydrogen (secondary N) is 2. The van der Waals surface area contributed by atoms with Crippen LogP contribution in [0.1, 0.15) is 11.1 Å². The molecular formula is C16H19N3O6. The first-order valence-electron chi connectivity index (χ1n) is 7.47. The van der Waals surface area contributed by atoms with Gasteiger partial charge < -0.3 is 30.3 Å². The average Bonchev–Trinajstić information content (AvgIpc) is 3.22. The van der Waals surface area contributed by atoms with E-state index >= 15 is 0 Å². The first kappa shape index (κ1) is 18.1. The van der Waals surface area contributed by atoms with E-state index in [0.29, 0.717) is 18.9 Å². The summed E-state index contributed by atoms with van der Waals surface area (Å²) in [6, 6.07) is 2.06. The largest absolute Gasteiger partial charge is 0.478 e. The zero-order valence-electron chi connectivity index (χ0n) is 13.8. The molecule has 0 atom stereocenters. The summed E-state index contributed by atoms with van der Waals surface area (Å²) in [6.45, 7) is 6.06. The van der Waals surface area contributed by atoms with Gasteiger partial charge in [0.1, 0.15) is 0 Å². The van der Waals surface area contributed by atoms with E-state index < -0.39 is 11.9 Å². The number of hydrogen-bond donors (Lipinski definition) is 4. The van der Waals surface area contributed by atoms with E-state index in [1.165, 1.54) is 0 Å². The minimum absolute atomic E-state index is 0.305. The van der Waals surface area contributed by atoms with Crippen molar-refractivity contribution < 1.29 is 29.3 Å². The zero-order chi connectivity index (χ0) is 18.4. The second kappa shape index (κ2) is 8.04. The van der Waals surface area contributed by atoms with Crippen LogP contribution in [0.3, 0.4) is 0 Å². The number of benzene rings is 1. The molecular weight excluding hydrogens is 330 g/mol. The average molecular weight is 349 g/mol. The molecule has 0 saturated heterocycles. The molecule has 0 aromatic heterocycles. The van der Waals surface area contributed by atoms with Gasteiger partial charge in [-0.25, -0.2) is 9.59 Å². The van der Waals surface area contributed by atoms with Crippen LogP contribution >= 0.6 is 0 Å². The second-order valence-electron chi connectivity index (χ2n) is 5.22. The van der Waals surface area contributed by atoms with Crippen LogP contribution in [-0.2, 0) is 9.59 Å². The van der Waals surface area contributed by atoms with Crippen LogP contribution in [0.4, 0.5) is 5.69 Å². The van der Waals surface area contributed by atoms with Gasteiger partial charge in [-0.05, 0) is 25.5 Å². The molecule has 0 bridgehead atoms. The fraction of sp³-hybridized carbons (Fsp3) is 0.312. The van der Waals surface area contributed by atoms with Crippen molar-refractivity contribution in [2.75, 3.05) is 25.2 Å². The Balaban J connectivity index is 0.000000242. The highest BCUT2D eigenvalue weighted by Gasteiger charge is 2.21. The summed E-state index contributed by atoms with van der Waals surface area (Å²) in [4.78, 5) is 23.4. The lowest BCUT2D eigenvalue weighted by atomic mass is 10.1. The Morgan fingerprint density at radius 2 is 1.84 bits per heavy atom. The molecule has 2 heterocycles. The fourth-order valence-electron chi connectivity index (χ4n) is 2.24. The molecule has 25 heavy (non-hydrogen) atoms. The van der Waals surface area contributed by atoms with Gasteiger partial charge in [-0.3, -0.25) is 4.99 Å². The zero-order valence-corrected chi connectivity index (χ0v) is 13.8. The monoisotopic (exact) mass is 349 g/mol. The van der Waals surface area contributed by atoms with Crippen molar-refractivity contribution in [2.45, 2.75) is 13.8 Å². The Bertz CT molecular complexity index is 726. The van der Waals surface area contributed by atoms with E-state index in [-0.39, 0.29) is 0 Å². The molecule has 0 spiro atoms. The lowest BCUT2D eigenvalue weighted by molar-refractivity contribution is -0.134. The van der Waals surface area contributed by atoms with E-state index in [0.717, 1.165) is 47.4 Å². The summed E-state index contributed by atoms with van der Waals surface area (Å²) < 4.78 is 10.9. The number of aryl methyl sites for hydroxylation is 1. The van der Waals surface area contributed by atoms with Gasteiger partial charge in [-0.1, -0.05) is 0 Å². The molecule has 3 rings (SSSR count). The van der Waals surface area contributed by atoms with Crippen molar-refractivity contribution in [1.82, 2.24) is 5.32 Å². The van der Waals surface area contributed by atoms with Gasteiger partial charge >= 0.3 is 11.9 Å². The lowest BCUT2D eigenvalue weighted by Gasteiger charge is -2.13. The molecule has 0 amide bonds. The van der Waals surface area contributed by atoms with Gasteiger partial charge in [-0.15, -0.1) is 0 Å². The maximum absolute atomic E-state index is 9.55. The number of carbonyl (C=O) groups is 2. The van der Waals surface area contributed by atoms with E-state index in [1.807, 2.05) is 13.8 Å². The molecule has 9 heteroatoms. The van der Waals surface area contributed by atoms with Gasteiger partial charge in [0.2, 0.25) is 6.79 Å². The number of anilines is 1. The van der Waals surface area contributed by atoms with E-state index in [1.54, 1.807) is 0 Å². The van der Waals surface area contributed by atoms with Crippen molar-refractivity contribution >= 4 is 23.6 Å². The third-order valence-electron chi connectivity index (χ3n) is 3.37. The Kier molecular flexibility index (Phi) is 5.83. The van der Waals surface area contributed by atoms with Crippen LogP contribution in [0.2, 0.25) is 0 Å². The number of guanidine groups is 1. The molecule has 1 aromatic carbocycles. The third kappa shape index (κ3) is 4.87. The molecule has 4 N–H and O–H groups in total. The normalized spacial score (nSPS) is 14.4. The van der Waals surface area contributed by atoms with Crippen molar-refractivity contribution in [2.24, 2.45) is 4.99 Å². The summed E-state index contributed by atoms with van der Waals surface area (Å²) >= 11 is 0. The topological polar surface area (TPSA) is 129 Å². The molecule has 0 unspecified atom stereocenters. The first-order chi connectivity index (χ1) is 11.9. The van der Waals surface area contributed by atoms with E-state index in [4.69, 9.17) is 19.7 Å². The molecule has 1 aromatic rings. The predicted molar refractivity (Wildman–Crippen MR) is 90.4 cm³/mol. The minimum Gasteiger partial charge on any atom is -0.478 e. The van der Waals surface area contributed by atoms with Crippen molar-refractivity contribution in [3.05, 3.63) is 29.3 Å². The molecule has 0 saturated carbocycles. The number of rotatable bonds is 3. The fourth-order valence-corrected chi connectivity index (χ4v) is 2.24. The quantitative estimate of drug-likeness (QED) is 0.597. The number of ether oxygens (including phenoxy) is 2. The molecule has 2 aliphatic rings. The van der Waals surface area contributed by atoms with Gasteiger partial charge in [0.05, 0.1) is 6.54 Å². The molecule has 0 aliphatic carbocycles. The maximum atomic E-state index is 9.55. The SMILES string of the molecule is Cc1cc(NC2=NCCN2)c(C)c2c1OCO2.O=C(O)/C=C/C(=O)O. The standard InChI is InChI=1S/C12H15N3O2.C4H4O4/c1-7-5-9(15-12-13-3-4-14-12)8(2)11-10(7)16-6-17-11;5-3(6)1-2-4(7)8/h5H,3-4,6H2,1-2H3,(H2,13,14,15);1-2H,(H,5,6)(H,7,8)/b;2-1+. The van der Waals surface area contributed by atoms with Crippen LogP contribution < -0.4 is 20.1 Å². The van der Waals surface area contributed by atoms with Gasteiger partial charge in [-0.2, -0.15) is 0 Å². The van der Waals surface area contributed by atoms with Crippen molar-refractivity contribution in [3.8, 4) is 11.5 Å². The highest BCUT2D eigenvalue weighted by molar-refractivity contribution is 5.96. The summed E-state index contributed by atoms with van der Waals surface area (Å²) in [5.74, 6) is 0.00614. The van der Waals surface area contributed by atoms with Crippen LogP contribution in [0, 0.1) is 13.8 Å². The first-order valence-corrected chi connectivity index (χ1v) is 7.47. The number of aliphatic imine (C=N–C) groups is 1. The number of aliphatic carboxylic acids is 2. The van der Waals surface area contributed by atoms with Gasteiger partial charge in [0.25, 0.3) is 0 Å². The summed E-state index contributed by atoms with van der Waals surface area (Å²) in [5, 5.41) is 22.1. The lowest BCUT2D eigenvalue weighted by Crippen LogP contribution is -2.26.